The van der Waals surface area contributed by atoms with Gasteiger partial charge in [-0.2, -0.15) is 0 Å². The number of rotatable bonds is 6. The summed E-state index contributed by atoms with van der Waals surface area (Å²) in [6.07, 6.45) is 0.760. The minimum atomic E-state index is -0.0403. The second kappa shape index (κ2) is 7.84. The lowest BCUT2D eigenvalue weighted by Gasteiger charge is -2.09. The topological polar surface area (TPSA) is 59.8 Å². The number of aryl methyl sites for hydroxylation is 2. The predicted octanol–water partition coefficient (Wildman–Crippen LogP) is 3.82. The van der Waals surface area contributed by atoms with E-state index < -0.39 is 0 Å². The number of amides is 1. The molecule has 2 heterocycles. The van der Waals surface area contributed by atoms with Gasteiger partial charge in [-0.05, 0) is 42.5 Å². The molecule has 0 atom stereocenters. The van der Waals surface area contributed by atoms with E-state index in [1.54, 1.807) is 11.3 Å². The molecule has 7 heteroatoms. The Hall–Kier alpha value is -2.12. The number of thioether (sulfide) groups is 1. The van der Waals surface area contributed by atoms with Crippen molar-refractivity contribution >= 4 is 34.7 Å². The molecule has 0 unspecified atom stereocenters. The van der Waals surface area contributed by atoms with Crippen molar-refractivity contribution in [3.05, 3.63) is 57.5 Å². The number of hydrogen-bond donors (Lipinski definition) is 1. The lowest BCUT2D eigenvalue weighted by atomic mass is 10.1. The average molecular weight is 373 g/mol. The standard InChI is InChI=1S/C18H20N4OS2/c1-12-6-7-13(2)15(9-12)19-17(23)11-25-18-21-20-16(22(18)3)10-14-5-4-8-24-14/h4-9H,10-11H2,1-3H3,(H,19,23). The Morgan fingerprint density at radius 1 is 1.28 bits per heavy atom. The third-order valence-corrected chi connectivity index (χ3v) is 5.73. The van der Waals surface area contributed by atoms with Crippen LogP contribution >= 0.6 is 23.1 Å². The summed E-state index contributed by atoms with van der Waals surface area (Å²) in [6.45, 7) is 4.00. The molecule has 0 saturated carbocycles. The molecule has 0 spiro atoms. The molecule has 25 heavy (non-hydrogen) atoms. The maximum absolute atomic E-state index is 12.2. The number of anilines is 1. The highest BCUT2D eigenvalue weighted by atomic mass is 32.2. The van der Waals surface area contributed by atoms with E-state index in [-0.39, 0.29) is 5.91 Å². The average Bonchev–Trinajstić information content (AvgIpc) is 3.21. The number of benzene rings is 1. The van der Waals surface area contributed by atoms with E-state index in [1.807, 2.05) is 49.7 Å². The van der Waals surface area contributed by atoms with Crippen molar-refractivity contribution in [3.63, 3.8) is 0 Å². The van der Waals surface area contributed by atoms with Crippen LogP contribution in [0.1, 0.15) is 21.8 Å². The summed E-state index contributed by atoms with van der Waals surface area (Å²) in [7, 11) is 1.94. The van der Waals surface area contributed by atoms with Crippen LogP contribution in [0.2, 0.25) is 0 Å². The molecule has 0 bridgehead atoms. The van der Waals surface area contributed by atoms with Gasteiger partial charge in [0.25, 0.3) is 0 Å². The molecule has 0 fully saturated rings. The van der Waals surface area contributed by atoms with E-state index in [1.165, 1.54) is 16.6 Å². The molecule has 1 amide bonds. The van der Waals surface area contributed by atoms with Gasteiger partial charge in [-0.15, -0.1) is 21.5 Å². The Morgan fingerprint density at radius 3 is 2.88 bits per heavy atom. The number of nitrogens with zero attached hydrogens (tertiary/aromatic N) is 3. The zero-order valence-corrected chi connectivity index (χ0v) is 16.1. The van der Waals surface area contributed by atoms with E-state index >= 15 is 0 Å². The molecular weight excluding hydrogens is 352 g/mol. The van der Waals surface area contributed by atoms with Gasteiger partial charge in [0.15, 0.2) is 5.16 Å². The van der Waals surface area contributed by atoms with Crippen LogP contribution in [-0.4, -0.2) is 26.4 Å². The SMILES string of the molecule is Cc1ccc(C)c(NC(=O)CSc2nnc(Cc3cccs3)n2C)c1. The smallest absolute Gasteiger partial charge is 0.234 e. The predicted molar refractivity (Wildman–Crippen MR) is 103 cm³/mol. The van der Waals surface area contributed by atoms with Gasteiger partial charge in [0.05, 0.1) is 5.75 Å². The fourth-order valence-electron chi connectivity index (χ4n) is 2.38. The third kappa shape index (κ3) is 4.49. The molecule has 5 nitrogen and oxygen atoms in total. The van der Waals surface area contributed by atoms with Crippen LogP contribution < -0.4 is 5.32 Å². The highest BCUT2D eigenvalue weighted by Gasteiger charge is 2.13. The van der Waals surface area contributed by atoms with Crippen LogP contribution in [0.25, 0.3) is 0 Å². The Labute approximate surface area is 155 Å². The first-order valence-corrected chi connectivity index (χ1v) is 9.80. The summed E-state index contributed by atoms with van der Waals surface area (Å²) in [5.74, 6) is 1.17. The van der Waals surface area contributed by atoms with Gasteiger partial charge in [0.2, 0.25) is 5.91 Å². The molecule has 0 aliphatic heterocycles. The molecule has 0 aliphatic rings. The van der Waals surface area contributed by atoms with Gasteiger partial charge in [0, 0.05) is 24.0 Å². The van der Waals surface area contributed by atoms with Crippen LogP contribution in [0.4, 0.5) is 5.69 Å². The maximum Gasteiger partial charge on any atom is 0.234 e. The molecule has 0 aliphatic carbocycles. The highest BCUT2D eigenvalue weighted by Crippen LogP contribution is 2.20. The van der Waals surface area contributed by atoms with Crippen molar-refractivity contribution in [2.75, 3.05) is 11.1 Å². The summed E-state index contributed by atoms with van der Waals surface area (Å²) in [5.41, 5.74) is 3.04. The first kappa shape index (κ1) is 17.7. The minimum absolute atomic E-state index is 0.0403. The summed E-state index contributed by atoms with van der Waals surface area (Å²) >= 11 is 3.10. The Morgan fingerprint density at radius 2 is 2.12 bits per heavy atom. The number of thiophene rings is 1. The first-order valence-electron chi connectivity index (χ1n) is 7.93. The number of aromatic nitrogens is 3. The van der Waals surface area contributed by atoms with E-state index in [4.69, 9.17) is 0 Å². The number of carbonyl (C=O) groups excluding carboxylic acids is 1. The molecule has 3 rings (SSSR count). The largest absolute Gasteiger partial charge is 0.325 e. The molecule has 0 saturated heterocycles. The summed E-state index contributed by atoms with van der Waals surface area (Å²) < 4.78 is 1.95. The van der Waals surface area contributed by atoms with Gasteiger partial charge >= 0.3 is 0 Å². The lowest BCUT2D eigenvalue weighted by molar-refractivity contribution is -0.113. The van der Waals surface area contributed by atoms with Gasteiger partial charge in [-0.3, -0.25) is 4.79 Å². The Kier molecular flexibility index (Phi) is 5.55. The monoisotopic (exact) mass is 372 g/mol. The third-order valence-electron chi connectivity index (χ3n) is 3.84. The number of hydrogen-bond acceptors (Lipinski definition) is 5. The lowest BCUT2D eigenvalue weighted by Crippen LogP contribution is -2.15. The van der Waals surface area contributed by atoms with Crippen LogP contribution in [0, 0.1) is 13.8 Å². The zero-order chi connectivity index (χ0) is 17.8. The second-order valence-electron chi connectivity index (χ2n) is 5.87. The number of carbonyl (C=O) groups is 1. The quantitative estimate of drug-likeness (QED) is 0.668. The summed E-state index contributed by atoms with van der Waals surface area (Å²) in [5, 5.41) is 14.2. The van der Waals surface area contributed by atoms with E-state index in [9.17, 15) is 4.79 Å². The van der Waals surface area contributed by atoms with Crippen LogP contribution in [0.15, 0.2) is 40.9 Å². The molecule has 1 N–H and O–H groups in total. The Bertz CT molecular complexity index is 871. The van der Waals surface area contributed by atoms with Gasteiger partial charge < -0.3 is 9.88 Å². The molecule has 1 aromatic carbocycles. The summed E-state index contributed by atoms with van der Waals surface area (Å²) in [4.78, 5) is 13.5. The van der Waals surface area contributed by atoms with Crippen molar-refractivity contribution in [2.45, 2.75) is 25.4 Å². The molecular formula is C18H20N4OS2. The van der Waals surface area contributed by atoms with E-state index in [2.05, 4.69) is 27.0 Å². The molecule has 3 aromatic rings. The van der Waals surface area contributed by atoms with Gasteiger partial charge in [-0.1, -0.05) is 30.0 Å². The Balaban J connectivity index is 1.59. The first-order chi connectivity index (χ1) is 12.0. The highest BCUT2D eigenvalue weighted by molar-refractivity contribution is 7.99. The molecule has 0 radical (unpaired) electrons. The van der Waals surface area contributed by atoms with E-state index in [0.717, 1.165) is 34.2 Å². The molecule has 2 aromatic heterocycles. The minimum Gasteiger partial charge on any atom is -0.325 e. The van der Waals surface area contributed by atoms with Crippen molar-refractivity contribution in [2.24, 2.45) is 7.05 Å². The molecule has 130 valence electrons. The van der Waals surface area contributed by atoms with Gasteiger partial charge in [-0.25, -0.2) is 0 Å². The van der Waals surface area contributed by atoms with Crippen LogP contribution in [0.5, 0.6) is 0 Å². The fraction of sp³-hybridized carbons (Fsp3) is 0.278. The van der Waals surface area contributed by atoms with Gasteiger partial charge in [0.1, 0.15) is 5.82 Å². The van der Waals surface area contributed by atoms with Crippen molar-refractivity contribution in [1.82, 2.24) is 14.8 Å². The van der Waals surface area contributed by atoms with Crippen molar-refractivity contribution < 1.29 is 4.79 Å². The maximum atomic E-state index is 12.2. The van der Waals surface area contributed by atoms with Crippen LogP contribution in [-0.2, 0) is 18.3 Å². The zero-order valence-electron chi connectivity index (χ0n) is 14.4. The summed E-state index contributed by atoms with van der Waals surface area (Å²) in [6, 6.07) is 10.2. The second-order valence-corrected chi connectivity index (χ2v) is 7.84. The normalized spacial score (nSPS) is 10.8. The van der Waals surface area contributed by atoms with E-state index in [0.29, 0.717) is 5.75 Å². The van der Waals surface area contributed by atoms with Crippen LogP contribution in [0.3, 0.4) is 0 Å². The van der Waals surface area contributed by atoms with Crippen molar-refractivity contribution in [3.8, 4) is 0 Å². The van der Waals surface area contributed by atoms with Crippen molar-refractivity contribution in [1.29, 1.82) is 0 Å². The number of nitrogens with one attached hydrogen (secondary N) is 1. The fourth-order valence-corrected chi connectivity index (χ4v) is 3.81.